The number of piperazine rings is 6. The molecule has 0 saturated carbocycles. The number of hydrogen-bond acceptors (Lipinski definition) is 18. The average molecular weight is 1760 g/mol. The zero-order chi connectivity index (χ0) is 94.9. The van der Waals surface area contributed by atoms with Crippen LogP contribution in [0.15, 0.2) is 72.9 Å². The van der Waals surface area contributed by atoms with Crippen LogP contribution in [0.25, 0.3) is 0 Å². The zero-order valence-corrected chi connectivity index (χ0v) is 83.6. The maximum absolute atomic E-state index is 12.2. The molecule has 11 amide bonds. The van der Waals surface area contributed by atoms with Crippen molar-refractivity contribution in [1.29, 1.82) is 5.26 Å². The molecule has 3 aromatic rings. The topological polar surface area (TPSA) is 273 Å². The van der Waals surface area contributed by atoms with E-state index in [0.29, 0.717) is 63.3 Å². The summed E-state index contributed by atoms with van der Waals surface area (Å²) in [6.07, 6.45) is 6.38. The highest BCUT2D eigenvalue weighted by Crippen LogP contribution is 2.28. The third kappa shape index (κ3) is 41.0. The molecule has 712 valence electrons. The molecule has 7 aliphatic rings. The zero-order valence-electron chi connectivity index (χ0n) is 83.6. The Hall–Kier alpha value is -8.88. The second kappa shape index (κ2) is 50.2. The molecule has 0 bridgehead atoms. The predicted molar refractivity (Wildman–Crippen MR) is 511 cm³/mol. The van der Waals surface area contributed by atoms with E-state index in [1.54, 1.807) is 19.6 Å². The van der Waals surface area contributed by atoms with E-state index in [-0.39, 0.29) is 80.9 Å². The van der Waals surface area contributed by atoms with Crippen molar-refractivity contribution in [3.8, 4) is 6.07 Å². The molecule has 0 spiro atoms. The first-order chi connectivity index (χ1) is 58.4. The Bertz CT molecular complexity index is 3760. The van der Waals surface area contributed by atoms with Gasteiger partial charge < -0.3 is 89.1 Å². The standard InChI is InChI=1S/C16H21N3O.C16H24N2O.C15H30N4O.C14H27N3O3.C14H21N3O.C11H21N3O3.C11H25N/c1-16(2,3)15(20)19-10-8-18(9-11-19)14-7-5-4-6-13(14)12-17;1-13-5-7-14(8-6-13)17-9-11-18(12-10-17)15(19)16(2,3)4;1-15(2,3)16-14(20)19-11-9-18(10-12-19)13-5-7-17(4)8-6-13;1-13(2,3)15-11(18)16-7-9-17(10-8-16)12(19)20-14(4,5)6;1-14(2,3)13(18)17-10-8-16(9-11-17)12-6-4-5-7-15-12;1-11(2,3)12-9(15)13-5-7-14(8-6-13)10(16)17-4;1-6-12(7-2)10-8-9-11(3,4)5/h4-7H,8-11H2,1-3H3;5-8H,9-12H2,1-4H3;13H,5-12H2,1-4H3,(H,16,20);7-10H2,1-6H3,(H,15,18);4-7H,8-11H2,1-3H3;5-8H2,1-4H3,(H,12,15);6-10H2,1-5H3. The number of nitrogens with one attached hydrogen (secondary N) is 3. The van der Waals surface area contributed by atoms with E-state index in [2.05, 4.69) is 134 Å². The van der Waals surface area contributed by atoms with E-state index >= 15 is 0 Å². The molecule has 7 fully saturated rings. The average Bonchev–Trinajstić information content (AvgIpc) is 0.836. The summed E-state index contributed by atoms with van der Waals surface area (Å²) in [5, 5.41) is 18.0. The fourth-order valence-corrected chi connectivity index (χ4v) is 14.9. The van der Waals surface area contributed by atoms with E-state index in [1.807, 2.05) is 214 Å². The summed E-state index contributed by atoms with van der Waals surface area (Å²) < 4.78 is 9.96. The van der Waals surface area contributed by atoms with Crippen molar-refractivity contribution in [3.63, 3.8) is 0 Å². The van der Waals surface area contributed by atoms with Crippen LogP contribution in [0.2, 0.25) is 0 Å². The molecule has 10 rings (SSSR count). The van der Waals surface area contributed by atoms with Crippen LogP contribution in [-0.2, 0) is 23.9 Å². The largest absolute Gasteiger partial charge is 0.453 e. The lowest BCUT2D eigenvalue weighted by molar-refractivity contribution is -0.140. The molecule has 0 radical (unpaired) electrons. The smallest absolute Gasteiger partial charge is 0.410 e. The van der Waals surface area contributed by atoms with Gasteiger partial charge >= 0.3 is 30.3 Å². The number of anilines is 3. The molecule has 0 unspecified atom stereocenters. The van der Waals surface area contributed by atoms with E-state index in [1.165, 1.54) is 76.8 Å². The Morgan fingerprint density at radius 3 is 1.14 bits per heavy atom. The third-order valence-electron chi connectivity index (χ3n) is 22.1. The molecular formula is C97H169N19O10. The Morgan fingerprint density at radius 2 is 0.794 bits per heavy atom. The Kier molecular flexibility index (Phi) is 43.6. The van der Waals surface area contributed by atoms with Gasteiger partial charge in [-0.1, -0.05) is 133 Å². The SMILES string of the molecule is CC(C)(C)C(=O)N1CCN(c2ccccc2C#N)CC1.CC(C)(C)C(=O)N1CCN(c2ccccn2)CC1.CC(C)(C)NC(=O)N1CCN(C(=O)OC(C)(C)C)CC1.CCN(CC)CCCC(C)(C)C.CN1CCC(N2CCN(C(=O)NC(C)(C)C)CC2)CC1.COC(=O)N1CCN(C(=O)NC(C)(C)C)CC1.Cc1ccc(N2CCN(C(=O)C(C)(C)C)CC2)cc1. The predicted octanol–water partition coefficient (Wildman–Crippen LogP) is 14.0. The Morgan fingerprint density at radius 1 is 0.437 bits per heavy atom. The number of ether oxygens (including phenoxy) is 2. The number of nitrogens with zero attached hydrogens (tertiary/aromatic N) is 16. The number of likely N-dealkylation sites (tertiary alicyclic amines) is 1. The normalized spacial score (nSPS) is 17.4. The molecule has 0 aliphatic carbocycles. The quantitative estimate of drug-likeness (QED) is 0.180. The van der Waals surface area contributed by atoms with Gasteiger partial charge in [0.15, 0.2) is 0 Å². The molecule has 7 saturated heterocycles. The van der Waals surface area contributed by atoms with Crippen LogP contribution in [0.3, 0.4) is 0 Å². The highest BCUT2D eigenvalue weighted by Gasteiger charge is 2.36. The number of piperidine rings is 1. The Balaban J connectivity index is 0.000000310. The third-order valence-corrected chi connectivity index (χ3v) is 22.1. The summed E-state index contributed by atoms with van der Waals surface area (Å²) in [5.74, 6) is 1.70. The van der Waals surface area contributed by atoms with Crippen LogP contribution in [0, 0.1) is 39.9 Å². The van der Waals surface area contributed by atoms with Gasteiger partial charge in [-0.3, -0.25) is 19.3 Å². The summed E-state index contributed by atoms with van der Waals surface area (Å²) in [5.41, 5.74) is 2.70. The van der Waals surface area contributed by atoms with E-state index in [4.69, 9.17) is 10.00 Å². The fourth-order valence-electron chi connectivity index (χ4n) is 14.9. The van der Waals surface area contributed by atoms with Gasteiger partial charge in [-0.2, -0.15) is 5.26 Å². The van der Waals surface area contributed by atoms with Crippen LogP contribution in [0.4, 0.5) is 41.2 Å². The van der Waals surface area contributed by atoms with Crippen LogP contribution in [0.1, 0.15) is 217 Å². The van der Waals surface area contributed by atoms with Crippen molar-refractivity contribution in [2.75, 3.05) is 219 Å². The van der Waals surface area contributed by atoms with Crippen molar-refractivity contribution in [2.24, 2.45) is 21.7 Å². The van der Waals surface area contributed by atoms with Crippen LogP contribution >= 0.6 is 0 Å². The molecule has 29 heteroatoms. The number of carbonyl (C=O) groups is 8. The van der Waals surface area contributed by atoms with Gasteiger partial charge in [-0.25, -0.2) is 29.0 Å². The van der Waals surface area contributed by atoms with Crippen LogP contribution in [-0.4, -0.2) is 339 Å². The van der Waals surface area contributed by atoms with Gasteiger partial charge in [0, 0.05) is 208 Å². The molecule has 2 aromatic carbocycles. The molecule has 126 heavy (non-hydrogen) atoms. The van der Waals surface area contributed by atoms with Gasteiger partial charge in [-0.05, 0) is 197 Å². The highest BCUT2D eigenvalue weighted by atomic mass is 16.6. The van der Waals surface area contributed by atoms with Gasteiger partial charge in [0.05, 0.1) is 18.4 Å². The van der Waals surface area contributed by atoms with Crippen molar-refractivity contribution >= 4 is 65.2 Å². The minimum absolute atomic E-state index is 0.0815. The molecule has 3 N–H and O–H groups in total. The molecule has 7 aliphatic heterocycles. The van der Waals surface area contributed by atoms with Gasteiger partial charge in [0.1, 0.15) is 17.5 Å². The number of hydrogen-bond donors (Lipinski definition) is 3. The van der Waals surface area contributed by atoms with Crippen LogP contribution < -0.4 is 30.7 Å². The van der Waals surface area contributed by atoms with Gasteiger partial charge in [0.2, 0.25) is 17.7 Å². The number of para-hydroxylation sites is 1. The molecule has 8 heterocycles. The molecular weight excluding hydrogens is 1590 g/mol. The first-order valence-electron chi connectivity index (χ1n) is 46.2. The fraction of sp³-hybridized carbons (Fsp3) is 0.732. The number of methoxy groups -OCH3 is 1. The number of amides is 11. The van der Waals surface area contributed by atoms with Crippen molar-refractivity contribution in [1.82, 2.24) is 74.8 Å². The maximum Gasteiger partial charge on any atom is 0.410 e. The number of carbonyl (C=O) groups excluding carboxylic acids is 8. The molecule has 1 aromatic heterocycles. The summed E-state index contributed by atoms with van der Waals surface area (Å²) >= 11 is 0. The second-order valence-corrected chi connectivity index (χ2v) is 42.4. The second-order valence-electron chi connectivity index (χ2n) is 42.4. The van der Waals surface area contributed by atoms with E-state index < -0.39 is 5.60 Å². The first kappa shape index (κ1) is 109. The van der Waals surface area contributed by atoms with E-state index in [0.717, 1.165) is 122 Å². The number of aromatic nitrogens is 1. The monoisotopic (exact) mass is 1760 g/mol. The van der Waals surface area contributed by atoms with Crippen molar-refractivity contribution in [2.45, 2.75) is 241 Å². The lowest BCUT2D eigenvalue weighted by Gasteiger charge is -2.42. The highest BCUT2D eigenvalue weighted by molar-refractivity contribution is 5.83. The lowest BCUT2D eigenvalue weighted by Crippen LogP contribution is -2.57. The Labute approximate surface area is 760 Å². The van der Waals surface area contributed by atoms with E-state index in [9.17, 15) is 38.4 Å². The summed E-state index contributed by atoms with van der Waals surface area (Å²) in [6.45, 7) is 78.3. The summed E-state index contributed by atoms with van der Waals surface area (Å²) in [6, 6.07) is 25.0. The summed E-state index contributed by atoms with van der Waals surface area (Å²) in [4.78, 5) is 129. The first-order valence-corrected chi connectivity index (χ1v) is 46.2. The van der Waals surface area contributed by atoms with Gasteiger partial charge in [0.25, 0.3) is 0 Å². The molecule has 0 atom stereocenters. The summed E-state index contributed by atoms with van der Waals surface area (Å²) in [7, 11) is 3.56. The minimum Gasteiger partial charge on any atom is -0.453 e. The number of rotatable bonds is 9. The lowest BCUT2D eigenvalue weighted by atomic mass is 9.90. The number of urea groups is 3. The number of pyridine rings is 1. The van der Waals surface area contributed by atoms with Crippen LogP contribution in [0.5, 0.6) is 0 Å². The number of nitriles is 1. The van der Waals surface area contributed by atoms with Crippen molar-refractivity contribution < 1.29 is 47.8 Å². The van der Waals surface area contributed by atoms with Gasteiger partial charge in [-0.15, -0.1) is 0 Å². The maximum atomic E-state index is 12.2. The number of benzene rings is 2. The minimum atomic E-state index is -0.488. The van der Waals surface area contributed by atoms with Crippen molar-refractivity contribution in [3.05, 3.63) is 84.1 Å². The number of aryl methyl sites for hydroxylation is 1. The molecule has 29 nitrogen and oxygen atoms in total.